The summed E-state index contributed by atoms with van der Waals surface area (Å²) in [5.41, 5.74) is 6.00. The minimum atomic E-state index is -0.0724. The van der Waals surface area contributed by atoms with E-state index < -0.39 is 0 Å². The molecule has 0 aromatic heterocycles. The highest BCUT2D eigenvalue weighted by Crippen LogP contribution is 2.34. The largest absolute Gasteiger partial charge is 0.466 e. The molecular weight excluding hydrogens is 204 g/mol. The van der Waals surface area contributed by atoms with E-state index in [2.05, 4.69) is 4.90 Å². The van der Waals surface area contributed by atoms with Crippen LogP contribution >= 0.6 is 0 Å². The number of piperidine rings is 1. The van der Waals surface area contributed by atoms with Crippen molar-refractivity contribution in [1.82, 2.24) is 4.90 Å². The average molecular weight is 226 g/mol. The predicted molar refractivity (Wildman–Crippen MR) is 62.0 cm³/mol. The second kappa shape index (κ2) is 5.15. The Labute approximate surface area is 97.1 Å². The van der Waals surface area contributed by atoms with Crippen molar-refractivity contribution >= 4 is 5.97 Å². The topological polar surface area (TPSA) is 55.6 Å². The number of carbonyl (C=O) groups is 1. The van der Waals surface area contributed by atoms with Gasteiger partial charge in [0.25, 0.3) is 0 Å². The molecule has 0 aliphatic carbocycles. The number of hydrogen-bond acceptors (Lipinski definition) is 4. The van der Waals surface area contributed by atoms with Crippen molar-refractivity contribution in [3.8, 4) is 0 Å². The fourth-order valence-electron chi connectivity index (χ4n) is 3.13. The molecule has 0 aromatic rings. The molecule has 0 aromatic carbocycles. The quantitative estimate of drug-likeness (QED) is 0.723. The normalized spacial score (nSPS) is 34.0. The molecule has 0 amide bonds. The van der Waals surface area contributed by atoms with Crippen molar-refractivity contribution in [2.75, 3.05) is 13.2 Å². The Bertz CT molecular complexity index is 243. The fraction of sp³-hybridized carbons (Fsp3) is 0.917. The van der Waals surface area contributed by atoms with Crippen LogP contribution in [0.1, 0.15) is 39.0 Å². The first-order valence-corrected chi connectivity index (χ1v) is 6.37. The van der Waals surface area contributed by atoms with Crippen molar-refractivity contribution in [3.05, 3.63) is 0 Å². The Balaban J connectivity index is 1.80. The zero-order chi connectivity index (χ0) is 11.5. The number of rotatable bonds is 4. The Kier molecular flexibility index (Phi) is 3.82. The van der Waals surface area contributed by atoms with Gasteiger partial charge in [-0.2, -0.15) is 0 Å². The van der Waals surface area contributed by atoms with E-state index in [4.69, 9.17) is 10.5 Å². The van der Waals surface area contributed by atoms with E-state index in [-0.39, 0.29) is 5.97 Å². The van der Waals surface area contributed by atoms with Crippen LogP contribution in [0.4, 0.5) is 0 Å². The average Bonchev–Trinajstić information content (AvgIpc) is 2.47. The van der Waals surface area contributed by atoms with E-state index in [1.54, 1.807) is 0 Å². The Morgan fingerprint density at radius 3 is 2.56 bits per heavy atom. The number of fused-ring (bicyclic) bond motifs is 2. The van der Waals surface area contributed by atoms with E-state index in [1.165, 1.54) is 12.8 Å². The lowest BCUT2D eigenvalue weighted by atomic mass is 9.98. The SMILES string of the molecule is CCOC(=O)CCN1C2CCC1CC(N)C2. The highest BCUT2D eigenvalue weighted by atomic mass is 16.5. The fourth-order valence-corrected chi connectivity index (χ4v) is 3.13. The molecule has 92 valence electrons. The van der Waals surface area contributed by atoms with Crippen LogP contribution in [0.2, 0.25) is 0 Å². The van der Waals surface area contributed by atoms with Crippen LogP contribution in [0.5, 0.6) is 0 Å². The molecule has 2 bridgehead atoms. The van der Waals surface area contributed by atoms with Gasteiger partial charge in [0.1, 0.15) is 0 Å². The molecule has 4 nitrogen and oxygen atoms in total. The van der Waals surface area contributed by atoms with Gasteiger partial charge in [-0.25, -0.2) is 0 Å². The monoisotopic (exact) mass is 226 g/mol. The Morgan fingerprint density at radius 2 is 2.00 bits per heavy atom. The first kappa shape index (κ1) is 11.9. The molecule has 0 radical (unpaired) electrons. The van der Waals surface area contributed by atoms with Gasteiger partial charge in [0.15, 0.2) is 0 Å². The number of ether oxygens (including phenoxy) is 1. The maximum atomic E-state index is 11.3. The molecule has 4 heteroatoms. The van der Waals surface area contributed by atoms with Crippen LogP contribution in [0.25, 0.3) is 0 Å². The molecule has 0 saturated carbocycles. The number of nitrogens with two attached hydrogens (primary N) is 1. The summed E-state index contributed by atoms with van der Waals surface area (Å²) in [6, 6.07) is 1.60. The van der Waals surface area contributed by atoms with Crippen LogP contribution in [-0.2, 0) is 9.53 Å². The maximum absolute atomic E-state index is 11.3. The zero-order valence-corrected chi connectivity index (χ0v) is 10.0. The predicted octanol–water partition coefficient (Wildman–Crippen LogP) is 0.894. The molecule has 2 N–H and O–H groups in total. The lowest BCUT2D eigenvalue weighted by molar-refractivity contribution is -0.143. The lowest BCUT2D eigenvalue weighted by Crippen LogP contribution is -2.48. The van der Waals surface area contributed by atoms with Crippen molar-refractivity contribution in [3.63, 3.8) is 0 Å². The van der Waals surface area contributed by atoms with Crippen molar-refractivity contribution in [2.24, 2.45) is 5.73 Å². The molecule has 2 aliphatic heterocycles. The zero-order valence-electron chi connectivity index (χ0n) is 10.0. The number of nitrogens with zero attached hydrogens (tertiary/aromatic N) is 1. The van der Waals surface area contributed by atoms with Crippen molar-refractivity contribution in [2.45, 2.75) is 57.2 Å². The molecule has 0 spiro atoms. The van der Waals surface area contributed by atoms with Gasteiger partial charge in [-0.1, -0.05) is 0 Å². The summed E-state index contributed by atoms with van der Waals surface area (Å²) in [5, 5.41) is 0. The minimum Gasteiger partial charge on any atom is -0.466 e. The Morgan fingerprint density at radius 1 is 1.38 bits per heavy atom. The van der Waals surface area contributed by atoms with Crippen LogP contribution in [0, 0.1) is 0 Å². The van der Waals surface area contributed by atoms with E-state index in [0.717, 1.165) is 19.4 Å². The van der Waals surface area contributed by atoms with Gasteiger partial charge in [0.05, 0.1) is 13.0 Å². The summed E-state index contributed by atoms with van der Waals surface area (Å²) in [7, 11) is 0. The molecule has 16 heavy (non-hydrogen) atoms. The third-order valence-corrected chi connectivity index (χ3v) is 3.80. The highest BCUT2D eigenvalue weighted by Gasteiger charge is 2.39. The van der Waals surface area contributed by atoms with Crippen LogP contribution in [0.3, 0.4) is 0 Å². The Hall–Kier alpha value is -0.610. The summed E-state index contributed by atoms with van der Waals surface area (Å²) >= 11 is 0. The van der Waals surface area contributed by atoms with E-state index >= 15 is 0 Å². The lowest BCUT2D eigenvalue weighted by Gasteiger charge is -2.37. The summed E-state index contributed by atoms with van der Waals surface area (Å²) in [5.74, 6) is -0.0724. The third kappa shape index (κ3) is 2.55. The first-order valence-electron chi connectivity index (χ1n) is 6.37. The molecule has 2 atom stereocenters. The molecule has 2 unspecified atom stereocenters. The van der Waals surface area contributed by atoms with E-state index in [0.29, 0.717) is 31.2 Å². The molecule has 2 heterocycles. The molecule has 2 fully saturated rings. The van der Waals surface area contributed by atoms with Gasteiger partial charge in [0, 0.05) is 24.7 Å². The van der Waals surface area contributed by atoms with Crippen LogP contribution in [-0.4, -0.2) is 42.1 Å². The second-order valence-corrected chi connectivity index (χ2v) is 4.91. The minimum absolute atomic E-state index is 0.0724. The van der Waals surface area contributed by atoms with Gasteiger partial charge in [-0.3, -0.25) is 9.69 Å². The molecule has 2 aliphatic rings. The highest BCUT2D eigenvalue weighted by molar-refractivity contribution is 5.69. The van der Waals surface area contributed by atoms with Crippen molar-refractivity contribution in [1.29, 1.82) is 0 Å². The van der Waals surface area contributed by atoms with Gasteiger partial charge in [-0.15, -0.1) is 0 Å². The molecular formula is C12H22N2O2. The van der Waals surface area contributed by atoms with Crippen molar-refractivity contribution < 1.29 is 9.53 Å². The smallest absolute Gasteiger partial charge is 0.307 e. The van der Waals surface area contributed by atoms with Gasteiger partial charge in [0.2, 0.25) is 0 Å². The number of hydrogen-bond donors (Lipinski definition) is 1. The van der Waals surface area contributed by atoms with E-state index in [1.807, 2.05) is 6.92 Å². The van der Waals surface area contributed by atoms with Gasteiger partial charge in [-0.05, 0) is 32.6 Å². The molecule has 2 saturated heterocycles. The standard InChI is InChI=1S/C12H22N2O2/c1-2-16-12(15)5-6-14-10-3-4-11(14)8-9(13)7-10/h9-11H,2-8,13H2,1H3. The van der Waals surface area contributed by atoms with Crippen LogP contribution < -0.4 is 5.73 Å². The van der Waals surface area contributed by atoms with E-state index in [9.17, 15) is 4.79 Å². The summed E-state index contributed by atoms with van der Waals surface area (Å²) in [4.78, 5) is 13.8. The second-order valence-electron chi connectivity index (χ2n) is 4.91. The maximum Gasteiger partial charge on any atom is 0.307 e. The summed E-state index contributed by atoms with van der Waals surface area (Å²) in [6.45, 7) is 3.18. The number of carbonyl (C=O) groups excluding carboxylic acids is 1. The third-order valence-electron chi connectivity index (χ3n) is 3.80. The van der Waals surface area contributed by atoms with Gasteiger partial charge < -0.3 is 10.5 Å². The van der Waals surface area contributed by atoms with Crippen LogP contribution in [0.15, 0.2) is 0 Å². The molecule has 2 rings (SSSR count). The van der Waals surface area contributed by atoms with Gasteiger partial charge >= 0.3 is 5.97 Å². The number of esters is 1. The first-order chi connectivity index (χ1) is 7.70. The summed E-state index contributed by atoms with van der Waals surface area (Å²) in [6.07, 6.45) is 5.22. The summed E-state index contributed by atoms with van der Waals surface area (Å²) < 4.78 is 4.95.